The Kier molecular flexibility index (Phi) is 7.45. The van der Waals surface area contributed by atoms with Gasteiger partial charge in [-0.2, -0.15) is 13.9 Å². The number of rotatable bonds is 8. The summed E-state index contributed by atoms with van der Waals surface area (Å²) in [4.78, 5) is 23.8. The maximum atomic E-state index is 12.4. The van der Waals surface area contributed by atoms with E-state index in [9.17, 15) is 18.4 Å². The Bertz CT molecular complexity index is 860. The van der Waals surface area contributed by atoms with Crippen LogP contribution in [0, 0.1) is 5.92 Å². The second-order valence-corrected chi connectivity index (χ2v) is 6.22. The van der Waals surface area contributed by atoms with Crippen molar-refractivity contribution in [1.82, 2.24) is 0 Å². The molecule has 0 saturated heterocycles. The van der Waals surface area contributed by atoms with E-state index in [0.717, 1.165) is 5.01 Å². The Labute approximate surface area is 165 Å². The maximum absolute atomic E-state index is 12.4. The van der Waals surface area contributed by atoms with Crippen molar-refractivity contribution >= 4 is 41.0 Å². The fourth-order valence-electron chi connectivity index (χ4n) is 2.19. The van der Waals surface area contributed by atoms with Gasteiger partial charge in [-0.3, -0.25) is 9.59 Å². The van der Waals surface area contributed by atoms with Crippen molar-refractivity contribution in [2.45, 2.75) is 20.5 Å². The summed E-state index contributed by atoms with van der Waals surface area (Å²) in [6.45, 7) is 0.306. The highest BCUT2D eigenvalue weighted by atomic mass is 35.5. The molecule has 2 amide bonds. The van der Waals surface area contributed by atoms with E-state index in [1.807, 2.05) is 0 Å². The van der Waals surface area contributed by atoms with Gasteiger partial charge < -0.3 is 10.1 Å². The molecule has 28 heavy (non-hydrogen) atoms. The van der Waals surface area contributed by atoms with Crippen molar-refractivity contribution in [3.8, 4) is 5.75 Å². The molecular formula is C19H18ClF2N3O3. The van der Waals surface area contributed by atoms with Crippen LogP contribution in [0.4, 0.5) is 20.2 Å². The van der Waals surface area contributed by atoms with Gasteiger partial charge in [0, 0.05) is 16.4 Å². The van der Waals surface area contributed by atoms with E-state index >= 15 is 0 Å². The zero-order valence-electron chi connectivity index (χ0n) is 15.1. The van der Waals surface area contributed by atoms with Crippen LogP contribution in [0.3, 0.4) is 0 Å². The van der Waals surface area contributed by atoms with Gasteiger partial charge in [-0.15, -0.1) is 0 Å². The summed E-state index contributed by atoms with van der Waals surface area (Å²) in [7, 11) is 0. The molecule has 1 unspecified atom stereocenters. The van der Waals surface area contributed by atoms with Crippen molar-refractivity contribution < 1.29 is 23.1 Å². The van der Waals surface area contributed by atoms with Gasteiger partial charge in [0.05, 0.1) is 11.6 Å². The molecule has 6 nitrogen and oxygen atoms in total. The van der Waals surface area contributed by atoms with Gasteiger partial charge in [-0.1, -0.05) is 17.7 Å². The molecule has 2 aromatic rings. The molecule has 0 radical (unpaired) electrons. The number of amides is 2. The number of hydrogen-bond donors (Lipinski definition) is 1. The third-order valence-corrected chi connectivity index (χ3v) is 4.04. The average Bonchev–Trinajstić information content (AvgIpc) is 2.65. The number of halogens is 3. The molecule has 2 aromatic carbocycles. The lowest BCUT2D eigenvalue weighted by Crippen LogP contribution is -2.28. The number of anilines is 2. The van der Waals surface area contributed by atoms with Crippen LogP contribution in [0.25, 0.3) is 0 Å². The van der Waals surface area contributed by atoms with E-state index in [-0.39, 0.29) is 11.7 Å². The number of alkyl halides is 2. The van der Waals surface area contributed by atoms with E-state index in [0.29, 0.717) is 28.5 Å². The topological polar surface area (TPSA) is 71.0 Å². The standard InChI is InChI=1S/C19H18ClF2N3O3/c1-12(18(27)23-15-5-3-4-14(20)10-15)13(2)24-25(11-26)16-6-8-17(9-7-16)28-19(21)22/h3-12,19H,1-2H3,(H,23,27)/b24-13-. The van der Waals surface area contributed by atoms with E-state index in [4.69, 9.17) is 11.6 Å². The number of carbonyl (C=O) groups excluding carboxylic acids is 2. The quantitative estimate of drug-likeness (QED) is 0.395. The predicted octanol–water partition coefficient (Wildman–Crippen LogP) is 4.55. The normalized spacial score (nSPS) is 12.4. The minimum Gasteiger partial charge on any atom is -0.435 e. The summed E-state index contributed by atoms with van der Waals surface area (Å²) in [6, 6.07) is 12.1. The lowest BCUT2D eigenvalue weighted by molar-refractivity contribution is -0.117. The monoisotopic (exact) mass is 409 g/mol. The first-order valence-corrected chi connectivity index (χ1v) is 8.59. The number of hydrogen-bond acceptors (Lipinski definition) is 4. The van der Waals surface area contributed by atoms with Crippen molar-refractivity contribution in [3.05, 3.63) is 53.6 Å². The van der Waals surface area contributed by atoms with E-state index in [1.54, 1.807) is 38.1 Å². The molecule has 0 bridgehead atoms. The summed E-state index contributed by atoms with van der Waals surface area (Å²) < 4.78 is 28.7. The van der Waals surface area contributed by atoms with Crippen molar-refractivity contribution in [1.29, 1.82) is 0 Å². The molecule has 0 aliphatic rings. The Hall–Kier alpha value is -3.00. The summed E-state index contributed by atoms with van der Waals surface area (Å²) >= 11 is 5.89. The zero-order valence-corrected chi connectivity index (χ0v) is 15.9. The van der Waals surface area contributed by atoms with Crippen LogP contribution in [0.2, 0.25) is 5.02 Å². The number of nitrogens with one attached hydrogen (secondary N) is 1. The van der Waals surface area contributed by atoms with Crippen LogP contribution >= 0.6 is 11.6 Å². The number of benzene rings is 2. The van der Waals surface area contributed by atoms with Gasteiger partial charge in [0.2, 0.25) is 12.3 Å². The van der Waals surface area contributed by atoms with Crippen LogP contribution < -0.4 is 15.1 Å². The van der Waals surface area contributed by atoms with Gasteiger partial charge in [0.25, 0.3) is 0 Å². The van der Waals surface area contributed by atoms with Gasteiger partial charge in [-0.05, 0) is 56.3 Å². The summed E-state index contributed by atoms with van der Waals surface area (Å²) in [5.74, 6) is -1.00. The molecule has 1 atom stereocenters. The molecule has 0 aliphatic carbocycles. The van der Waals surface area contributed by atoms with Crippen LogP contribution in [0.5, 0.6) is 5.75 Å². The van der Waals surface area contributed by atoms with Crippen molar-refractivity contribution in [3.63, 3.8) is 0 Å². The van der Waals surface area contributed by atoms with Crippen molar-refractivity contribution in [2.24, 2.45) is 11.0 Å². The molecule has 0 fully saturated rings. The summed E-state index contributed by atoms with van der Waals surface area (Å²) in [6.07, 6.45) is 0.452. The highest BCUT2D eigenvalue weighted by Gasteiger charge is 2.18. The fourth-order valence-corrected chi connectivity index (χ4v) is 2.38. The highest BCUT2D eigenvalue weighted by molar-refractivity contribution is 6.30. The highest BCUT2D eigenvalue weighted by Crippen LogP contribution is 2.21. The Morgan fingerprint density at radius 2 is 1.93 bits per heavy atom. The third-order valence-electron chi connectivity index (χ3n) is 3.80. The number of nitrogens with zero attached hydrogens (tertiary/aromatic N) is 2. The fraction of sp³-hybridized carbons (Fsp3) is 0.211. The molecular weight excluding hydrogens is 392 g/mol. The second kappa shape index (κ2) is 9.80. The second-order valence-electron chi connectivity index (χ2n) is 5.79. The summed E-state index contributed by atoms with van der Waals surface area (Å²) in [5, 5.41) is 8.36. The summed E-state index contributed by atoms with van der Waals surface area (Å²) in [5.41, 5.74) is 1.25. The average molecular weight is 410 g/mol. The van der Waals surface area contributed by atoms with E-state index < -0.39 is 12.5 Å². The smallest absolute Gasteiger partial charge is 0.387 e. The van der Waals surface area contributed by atoms with Gasteiger partial charge in [0.1, 0.15) is 5.75 Å². The Balaban J connectivity index is 2.09. The molecule has 0 heterocycles. The molecule has 0 saturated carbocycles. The SMILES string of the molecule is C/C(=N/N(C=O)c1ccc(OC(F)F)cc1)C(C)C(=O)Nc1cccc(Cl)c1. The first kappa shape index (κ1) is 21.3. The van der Waals surface area contributed by atoms with Crippen LogP contribution in [-0.2, 0) is 9.59 Å². The Morgan fingerprint density at radius 1 is 1.25 bits per heavy atom. The lowest BCUT2D eigenvalue weighted by atomic mass is 10.1. The molecule has 2 rings (SSSR count). The first-order chi connectivity index (χ1) is 13.3. The largest absolute Gasteiger partial charge is 0.435 e. The number of ether oxygens (including phenoxy) is 1. The van der Waals surface area contributed by atoms with Gasteiger partial charge >= 0.3 is 6.61 Å². The molecule has 1 N–H and O–H groups in total. The van der Waals surface area contributed by atoms with E-state index in [2.05, 4.69) is 15.2 Å². The van der Waals surface area contributed by atoms with Gasteiger partial charge in [-0.25, -0.2) is 5.01 Å². The van der Waals surface area contributed by atoms with Crippen LogP contribution in [0.1, 0.15) is 13.8 Å². The third kappa shape index (κ3) is 6.02. The number of carbonyl (C=O) groups is 2. The molecule has 9 heteroatoms. The van der Waals surface area contributed by atoms with Crippen molar-refractivity contribution in [2.75, 3.05) is 10.3 Å². The molecule has 148 valence electrons. The number of hydrazone groups is 1. The lowest BCUT2D eigenvalue weighted by Gasteiger charge is -2.17. The Morgan fingerprint density at radius 3 is 2.50 bits per heavy atom. The molecule has 0 aliphatic heterocycles. The minimum absolute atomic E-state index is 0.0421. The molecule has 0 aromatic heterocycles. The van der Waals surface area contributed by atoms with E-state index in [1.165, 1.54) is 24.3 Å². The maximum Gasteiger partial charge on any atom is 0.387 e. The zero-order chi connectivity index (χ0) is 20.7. The predicted molar refractivity (Wildman–Crippen MR) is 104 cm³/mol. The minimum atomic E-state index is -2.94. The van der Waals surface area contributed by atoms with Crippen LogP contribution in [0.15, 0.2) is 53.6 Å². The molecule has 0 spiro atoms. The first-order valence-electron chi connectivity index (χ1n) is 8.21. The van der Waals surface area contributed by atoms with Crippen LogP contribution in [-0.4, -0.2) is 24.6 Å². The van der Waals surface area contributed by atoms with Gasteiger partial charge in [0.15, 0.2) is 0 Å².